The van der Waals surface area contributed by atoms with Gasteiger partial charge in [0.15, 0.2) is 0 Å². The van der Waals surface area contributed by atoms with E-state index in [0.29, 0.717) is 12.5 Å². The zero-order valence-electron chi connectivity index (χ0n) is 16.3. The predicted molar refractivity (Wildman–Crippen MR) is 110 cm³/mol. The third-order valence-corrected chi connectivity index (χ3v) is 5.47. The molecule has 0 bridgehead atoms. The minimum Gasteiger partial charge on any atom is -0.350 e. The van der Waals surface area contributed by atoms with Gasteiger partial charge in [0, 0.05) is 13.1 Å². The Kier molecular flexibility index (Phi) is 4.90. The van der Waals surface area contributed by atoms with Crippen molar-refractivity contribution in [2.45, 2.75) is 32.2 Å². The second-order valence-electron chi connectivity index (χ2n) is 7.59. The summed E-state index contributed by atoms with van der Waals surface area (Å²) in [5.41, 5.74) is 3.75. The monoisotopic (exact) mass is 375 g/mol. The van der Waals surface area contributed by atoms with E-state index < -0.39 is 0 Å². The highest BCUT2D eigenvalue weighted by Gasteiger charge is 2.37. The SMILES string of the molecule is Cc1ccc(C(C(=O)NCc2cc(=O)n(-c3ccccc3)n2C)C2CC2)cc1. The average molecular weight is 375 g/mol. The van der Waals surface area contributed by atoms with E-state index in [-0.39, 0.29) is 17.4 Å². The van der Waals surface area contributed by atoms with Gasteiger partial charge in [-0.15, -0.1) is 0 Å². The van der Waals surface area contributed by atoms with Crippen LogP contribution in [-0.4, -0.2) is 15.3 Å². The number of nitrogens with zero attached hydrogens (tertiary/aromatic N) is 2. The Morgan fingerprint density at radius 3 is 2.43 bits per heavy atom. The van der Waals surface area contributed by atoms with Gasteiger partial charge in [0.25, 0.3) is 5.56 Å². The Hall–Kier alpha value is -3.08. The van der Waals surface area contributed by atoms with Gasteiger partial charge in [0.05, 0.1) is 23.8 Å². The lowest BCUT2D eigenvalue weighted by Crippen LogP contribution is -2.31. The van der Waals surface area contributed by atoms with Gasteiger partial charge in [-0.1, -0.05) is 48.0 Å². The van der Waals surface area contributed by atoms with Crippen molar-refractivity contribution in [2.24, 2.45) is 13.0 Å². The first-order valence-electron chi connectivity index (χ1n) is 9.72. The summed E-state index contributed by atoms with van der Waals surface area (Å²) >= 11 is 0. The average Bonchev–Trinajstić information content (AvgIpc) is 3.48. The minimum atomic E-state index is -0.117. The summed E-state index contributed by atoms with van der Waals surface area (Å²) in [4.78, 5) is 25.4. The molecule has 1 N–H and O–H groups in total. The molecular formula is C23H25N3O2. The first-order valence-corrected chi connectivity index (χ1v) is 9.72. The molecule has 0 aliphatic heterocycles. The molecule has 4 rings (SSSR count). The summed E-state index contributed by atoms with van der Waals surface area (Å²) in [6.07, 6.45) is 2.18. The fourth-order valence-corrected chi connectivity index (χ4v) is 3.74. The number of para-hydroxylation sites is 1. The molecule has 0 spiro atoms. The number of benzene rings is 2. The summed E-state index contributed by atoms with van der Waals surface area (Å²) in [6.45, 7) is 2.38. The molecule has 28 heavy (non-hydrogen) atoms. The summed E-state index contributed by atoms with van der Waals surface area (Å²) in [7, 11) is 1.84. The van der Waals surface area contributed by atoms with Crippen LogP contribution in [0.5, 0.6) is 0 Å². The smallest absolute Gasteiger partial charge is 0.271 e. The molecule has 1 amide bonds. The van der Waals surface area contributed by atoms with Crippen molar-refractivity contribution in [3.05, 3.63) is 87.8 Å². The quantitative estimate of drug-likeness (QED) is 0.719. The van der Waals surface area contributed by atoms with Gasteiger partial charge in [-0.3, -0.25) is 14.3 Å². The van der Waals surface area contributed by atoms with Gasteiger partial charge >= 0.3 is 0 Å². The van der Waals surface area contributed by atoms with E-state index in [1.165, 1.54) is 5.56 Å². The lowest BCUT2D eigenvalue weighted by Gasteiger charge is -2.17. The number of carbonyl (C=O) groups is 1. The van der Waals surface area contributed by atoms with E-state index in [1.54, 1.807) is 15.4 Å². The maximum absolute atomic E-state index is 13.0. The van der Waals surface area contributed by atoms with Gasteiger partial charge in [0.1, 0.15) is 0 Å². The van der Waals surface area contributed by atoms with Gasteiger partial charge < -0.3 is 5.32 Å². The lowest BCUT2D eigenvalue weighted by atomic mass is 9.92. The number of aromatic nitrogens is 2. The number of hydrogen-bond acceptors (Lipinski definition) is 2. The number of aryl methyl sites for hydroxylation is 1. The topological polar surface area (TPSA) is 56.0 Å². The third-order valence-electron chi connectivity index (χ3n) is 5.47. The molecule has 1 aromatic heterocycles. The molecule has 1 atom stereocenters. The zero-order valence-corrected chi connectivity index (χ0v) is 16.3. The third kappa shape index (κ3) is 3.65. The molecule has 1 unspecified atom stereocenters. The summed E-state index contributed by atoms with van der Waals surface area (Å²) in [5.74, 6) is 0.334. The summed E-state index contributed by atoms with van der Waals surface area (Å²) in [6, 6.07) is 19.3. The van der Waals surface area contributed by atoms with Crippen LogP contribution in [0.25, 0.3) is 5.69 Å². The molecule has 0 radical (unpaired) electrons. The standard InChI is InChI=1S/C23H25N3O2/c1-16-8-10-17(11-9-16)22(18-12-13-18)23(28)24-15-20-14-21(27)26(25(20)2)19-6-4-3-5-7-19/h3-11,14,18,22H,12-13,15H2,1-2H3,(H,24,28). The molecule has 1 aliphatic carbocycles. The first kappa shape index (κ1) is 18.3. The predicted octanol–water partition coefficient (Wildman–Crippen LogP) is 3.29. The van der Waals surface area contributed by atoms with Crippen LogP contribution in [0.2, 0.25) is 0 Å². The number of hydrogen-bond donors (Lipinski definition) is 1. The highest BCUT2D eigenvalue weighted by atomic mass is 16.2. The van der Waals surface area contributed by atoms with Crippen LogP contribution >= 0.6 is 0 Å². The Labute approximate surface area is 164 Å². The lowest BCUT2D eigenvalue weighted by molar-refractivity contribution is -0.123. The molecule has 0 saturated heterocycles. The Bertz CT molecular complexity index is 1030. The van der Waals surface area contributed by atoms with Crippen LogP contribution in [0.3, 0.4) is 0 Å². The molecule has 2 aromatic carbocycles. The Morgan fingerprint density at radius 2 is 1.79 bits per heavy atom. The van der Waals surface area contributed by atoms with Crippen molar-refractivity contribution >= 4 is 5.91 Å². The van der Waals surface area contributed by atoms with Crippen molar-refractivity contribution in [1.29, 1.82) is 0 Å². The Morgan fingerprint density at radius 1 is 1.11 bits per heavy atom. The molecule has 1 fully saturated rings. The zero-order chi connectivity index (χ0) is 19.7. The number of carbonyl (C=O) groups excluding carboxylic acids is 1. The fraction of sp³-hybridized carbons (Fsp3) is 0.304. The second-order valence-corrected chi connectivity index (χ2v) is 7.59. The number of rotatable bonds is 6. The van der Waals surface area contributed by atoms with Crippen molar-refractivity contribution in [2.75, 3.05) is 0 Å². The molecule has 5 heteroatoms. The highest BCUT2D eigenvalue weighted by Crippen LogP contribution is 2.42. The minimum absolute atomic E-state index is 0.0336. The van der Waals surface area contributed by atoms with Crippen molar-refractivity contribution in [3.63, 3.8) is 0 Å². The molecule has 5 nitrogen and oxygen atoms in total. The van der Waals surface area contributed by atoms with Crippen LogP contribution in [0, 0.1) is 12.8 Å². The van der Waals surface area contributed by atoms with Crippen molar-refractivity contribution < 1.29 is 4.79 Å². The van der Waals surface area contributed by atoms with E-state index >= 15 is 0 Å². The number of amides is 1. The first-order chi connectivity index (χ1) is 13.5. The maximum Gasteiger partial charge on any atom is 0.271 e. The van der Waals surface area contributed by atoms with Crippen LogP contribution in [0.4, 0.5) is 0 Å². The van der Waals surface area contributed by atoms with Gasteiger partial charge in [-0.05, 0) is 43.4 Å². The van der Waals surface area contributed by atoms with Crippen LogP contribution in [-0.2, 0) is 18.4 Å². The second kappa shape index (κ2) is 7.50. The van der Waals surface area contributed by atoms with E-state index in [0.717, 1.165) is 29.8 Å². The van der Waals surface area contributed by atoms with Crippen molar-refractivity contribution in [1.82, 2.24) is 14.7 Å². The summed E-state index contributed by atoms with van der Waals surface area (Å²) in [5, 5.41) is 3.05. The van der Waals surface area contributed by atoms with E-state index in [4.69, 9.17) is 0 Å². The maximum atomic E-state index is 13.0. The number of nitrogens with one attached hydrogen (secondary N) is 1. The summed E-state index contributed by atoms with van der Waals surface area (Å²) < 4.78 is 3.41. The van der Waals surface area contributed by atoms with Gasteiger partial charge in [-0.25, -0.2) is 4.68 Å². The molecule has 1 saturated carbocycles. The van der Waals surface area contributed by atoms with Gasteiger partial charge in [-0.2, -0.15) is 0 Å². The Balaban J connectivity index is 1.52. The molecule has 1 aliphatic rings. The van der Waals surface area contributed by atoms with E-state index in [2.05, 4.69) is 29.6 Å². The van der Waals surface area contributed by atoms with Gasteiger partial charge in [0.2, 0.25) is 5.91 Å². The van der Waals surface area contributed by atoms with E-state index in [9.17, 15) is 9.59 Å². The van der Waals surface area contributed by atoms with Crippen molar-refractivity contribution in [3.8, 4) is 5.69 Å². The van der Waals surface area contributed by atoms with Crippen LogP contribution in [0.15, 0.2) is 65.5 Å². The molecule has 144 valence electrons. The fourth-order valence-electron chi connectivity index (χ4n) is 3.74. The molecule has 1 heterocycles. The largest absolute Gasteiger partial charge is 0.350 e. The van der Waals surface area contributed by atoms with E-state index in [1.807, 2.05) is 44.3 Å². The van der Waals surface area contributed by atoms with Crippen LogP contribution in [0.1, 0.15) is 35.6 Å². The molecular weight excluding hydrogens is 350 g/mol. The van der Waals surface area contributed by atoms with Crippen LogP contribution < -0.4 is 10.9 Å². The highest BCUT2D eigenvalue weighted by molar-refractivity contribution is 5.84. The molecule has 3 aromatic rings. The normalized spacial score (nSPS) is 14.6.